The SMILES string of the molecule is O=C(O)/C=C\c1nc2ccccc2c(=O)[nH]1. The zero-order valence-electron chi connectivity index (χ0n) is 8.18. The highest BCUT2D eigenvalue weighted by Gasteiger charge is 2.00. The van der Waals surface area contributed by atoms with E-state index < -0.39 is 5.97 Å². The molecule has 0 aliphatic carbocycles. The molecule has 2 aromatic rings. The van der Waals surface area contributed by atoms with Gasteiger partial charge in [0.2, 0.25) is 0 Å². The Balaban J connectivity index is 2.58. The highest BCUT2D eigenvalue weighted by atomic mass is 16.4. The molecule has 2 rings (SSSR count). The molecular weight excluding hydrogens is 208 g/mol. The molecule has 0 aliphatic heterocycles. The Morgan fingerprint density at radius 3 is 2.88 bits per heavy atom. The maximum Gasteiger partial charge on any atom is 0.328 e. The minimum Gasteiger partial charge on any atom is -0.478 e. The molecule has 0 saturated carbocycles. The molecule has 0 aliphatic rings. The van der Waals surface area contributed by atoms with Crippen LogP contribution in [0.15, 0.2) is 35.1 Å². The van der Waals surface area contributed by atoms with Crippen molar-refractivity contribution in [1.29, 1.82) is 0 Å². The van der Waals surface area contributed by atoms with Gasteiger partial charge in [0.15, 0.2) is 0 Å². The molecule has 16 heavy (non-hydrogen) atoms. The number of para-hydroxylation sites is 1. The monoisotopic (exact) mass is 216 g/mol. The molecule has 0 unspecified atom stereocenters. The summed E-state index contributed by atoms with van der Waals surface area (Å²) >= 11 is 0. The molecule has 0 amide bonds. The van der Waals surface area contributed by atoms with Gasteiger partial charge in [0, 0.05) is 6.08 Å². The van der Waals surface area contributed by atoms with Crippen LogP contribution in [0.3, 0.4) is 0 Å². The topological polar surface area (TPSA) is 83.0 Å². The van der Waals surface area contributed by atoms with Crippen molar-refractivity contribution in [1.82, 2.24) is 9.97 Å². The third-order valence-electron chi connectivity index (χ3n) is 2.01. The van der Waals surface area contributed by atoms with Crippen LogP contribution in [0.1, 0.15) is 5.82 Å². The number of hydrogen-bond donors (Lipinski definition) is 2. The van der Waals surface area contributed by atoms with Crippen LogP contribution in [0, 0.1) is 0 Å². The molecule has 0 radical (unpaired) electrons. The van der Waals surface area contributed by atoms with Gasteiger partial charge in [-0.25, -0.2) is 9.78 Å². The lowest BCUT2D eigenvalue weighted by molar-refractivity contribution is -0.131. The summed E-state index contributed by atoms with van der Waals surface area (Å²) in [5.74, 6) is -0.859. The van der Waals surface area contributed by atoms with E-state index in [9.17, 15) is 9.59 Å². The Morgan fingerprint density at radius 2 is 2.12 bits per heavy atom. The van der Waals surface area contributed by atoms with Crippen LogP contribution in [-0.4, -0.2) is 21.0 Å². The Kier molecular flexibility index (Phi) is 2.51. The van der Waals surface area contributed by atoms with E-state index in [1.165, 1.54) is 6.08 Å². The third kappa shape index (κ3) is 1.98. The van der Waals surface area contributed by atoms with E-state index in [4.69, 9.17) is 5.11 Å². The minimum absolute atomic E-state index is 0.228. The molecule has 1 aromatic heterocycles. The van der Waals surface area contributed by atoms with E-state index in [-0.39, 0.29) is 11.4 Å². The van der Waals surface area contributed by atoms with Crippen molar-refractivity contribution in [3.05, 3.63) is 46.5 Å². The normalized spacial score (nSPS) is 11.0. The molecule has 0 atom stereocenters. The summed E-state index contributed by atoms with van der Waals surface area (Å²) in [5.41, 5.74) is 0.256. The summed E-state index contributed by atoms with van der Waals surface area (Å²) in [5, 5.41) is 8.93. The lowest BCUT2D eigenvalue weighted by atomic mass is 10.2. The van der Waals surface area contributed by atoms with Gasteiger partial charge in [-0.1, -0.05) is 12.1 Å². The van der Waals surface area contributed by atoms with E-state index in [1.54, 1.807) is 24.3 Å². The zero-order valence-corrected chi connectivity index (χ0v) is 8.18. The lowest BCUT2D eigenvalue weighted by Crippen LogP contribution is -2.09. The number of H-pyrrole nitrogens is 1. The van der Waals surface area contributed by atoms with E-state index in [1.807, 2.05) is 0 Å². The summed E-state index contributed by atoms with van der Waals surface area (Å²) in [6.07, 6.45) is 2.17. The Labute approximate surface area is 90.1 Å². The fraction of sp³-hybridized carbons (Fsp3) is 0. The van der Waals surface area contributed by atoms with Crippen molar-refractivity contribution in [2.75, 3.05) is 0 Å². The molecule has 80 valence electrons. The van der Waals surface area contributed by atoms with Gasteiger partial charge in [-0.2, -0.15) is 0 Å². The van der Waals surface area contributed by atoms with E-state index in [0.717, 1.165) is 6.08 Å². The van der Waals surface area contributed by atoms with Crippen LogP contribution in [0.2, 0.25) is 0 Å². The molecule has 1 heterocycles. The largest absolute Gasteiger partial charge is 0.478 e. The number of fused-ring (bicyclic) bond motifs is 1. The van der Waals surface area contributed by atoms with Crippen molar-refractivity contribution in [3.63, 3.8) is 0 Å². The predicted molar refractivity (Wildman–Crippen MR) is 59.0 cm³/mol. The highest BCUT2D eigenvalue weighted by Crippen LogP contribution is 2.05. The van der Waals surface area contributed by atoms with Gasteiger partial charge in [0.1, 0.15) is 5.82 Å². The fourth-order valence-corrected chi connectivity index (χ4v) is 1.33. The van der Waals surface area contributed by atoms with Crippen LogP contribution in [0.25, 0.3) is 17.0 Å². The number of carbonyl (C=O) groups is 1. The molecule has 0 spiro atoms. The molecule has 0 fully saturated rings. The first-order chi connectivity index (χ1) is 7.66. The van der Waals surface area contributed by atoms with Gasteiger partial charge in [-0.3, -0.25) is 4.79 Å². The number of aromatic amines is 1. The molecular formula is C11H8N2O3. The maximum atomic E-state index is 11.6. The first-order valence-electron chi connectivity index (χ1n) is 4.57. The predicted octanol–water partition coefficient (Wildman–Crippen LogP) is 1.02. The zero-order chi connectivity index (χ0) is 11.5. The first-order valence-corrected chi connectivity index (χ1v) is 4.57. The summed E-state index contributed by atoms with van der Waals surface area (Å²) < 4.78 is 0. The van der Waals surface area contributed by atoms with Crippen LogP contribution < -0.4 is 5.56 Å². The lowest BCUT2D eigenvalue weighted by Gasteiger charge is -1.97. The summed E-state index contributed by atoms with van der Waals surface area (Å²) in [7, 11) is 0. The van der Waals surface area contributed by atoms with Crippen LogP contribution in [0.4, 0.5) is 0 Å². The molecule has 1 aromatic carbocycles. The molecule has 2 N–H and O–H groups in total. The fourth-order valence-electron chi connectivity index (χ4n) is 1.33. The van der Waals surface area contributed by atoms with Crippen molar-refractivity contribution >= 4 is 22.9 Å². The highest BCUT2D eigenvalue weighted by molar-refractivity contribution is 5.85. The Hall–Kier alpha value is -2.43. The van der Waals surface area contributed by atoms with E-state index in [2.05, 4.69) is 9.97 Å². The summed E-state index contributed by atoms with van der Waals surface area (Å²) in [6, 6.07) is 6.86. The number of aromatic nitrogens is 2. The van der Waals surface area contributed by atoms with Gasteiger partial charge >= 0.3 is 5.97 Å². The van der Waals surface area contributed by atoms with E-state index in [0.29, 0.717) is 10.9 Å². The standard InChI is InChI=1S/C11H8N2O3/c14-10(15)6-5-9-12-8-4-2-1-3-7(8)11(16)13-9/h1-6H,(H,14,15)(H,12,13,16)/b6-5-. The molecule has 0 bridgehead atoms. The van der Waals surface area contributed by atoms with Crippen LogP contribution in [-0.2, 0) is 4.79 Å². The average Bonchev–Trinajstić information content (AvgIpc) is 2.26. The second-order valence-corrected chi connectivity index (χ2v) is 3.14. The smallest absolute Gasteiger partial charge is 0.328 e. The quantitative estimate of drug-likeness (QED) is 0.734. The Morgan fingerprint density at radius 1 is 1.38 bits per heavy atom. The van der Waals surface area contributed by atoms with Crippen molar-refractivity contribution in [2.45, 2.75) is 0 Å². The second-order valence-electron chi connectivity index (χ2n) is 3.14. The maximum absolute atomic E-state index is 11.6. The number of benzene rings is 1. The number of nitrogens with zero attached hydrogens (tertiary/aromatic N) is 1. The minimum atomic E-state index is -1.09. The second kappa shape index (κ2) is 3.98. The number of rotatable bonds is 2. The molecule has 5 heteroatoms. The Bertz CT molecular complexity index is 628. The van der Waals surface area contributed by atoms with E-state index >= 15 is 0 Å². The molecule has 0 saturated heterocycles. The van der Waals surface area contributed by atoms with Gasteiger partial charge in [0.25, 0.3) is 5.56 Å². The van der Waals surface area contributed by atoms with Crippen LogP contribution >= 0.6 is 0 Å². The van der Waals surface area contributed by atoms with Crippen molar-refractivity contribution in [2.24, 2.45) is 0 Å². The van der Waals surface area contributed by atoms with Crippen molar-refractivity contribution in [3.8, 4) is 0 Å². The first kappa shape index (κ1) is 10.1. The summed E-state index contributed by atoms with van der Waals surface area (Å²) in [6.45, 7) is 0. The average molecular weight is 216 g/mol. The van der Waals surface area contributed by atoms with Crippen molar-refractivity contribution < 1.29 is 9.90 Å². The summed E-state index contributed by atoms with van der Waals surface area (Å²) in [4.78, 5) is 28.5. The third-order valence-corrected chi connectivity index (χ3v) is 2.01. The number of carboxylic acids is 1. The van der Waals surface area contributed by atoms with Gasteiger partial charge in [-0.05, 0) is 18.2 Å². The van der Waals surface area contributed by atoms with Crippen LogP contribution in [0.5, 0.6) is 0 Å². The number of nitrogens with one attached hydrogen (secondary N) is 1. The molecule has 5 nitrogen and oxygen atoms in total. The van der Waals surface area contributed by atoms with Gasteiger partial charge in [0.05, 0.1) is 10.9 Å². The van der Waals surface area contributed by atoms with Gasteiger partial charge < -0.3 is 10.1 Å². The number of hydrogen-bond acceptors (Lipinski definition) is 3. The number of carboxylic acid groups (broad SMARTS) is 1. The van der Waals surface area contributed by atoms with Gasteiger partial charge in [-0.15, -0.1) is 0 Å². The number of aliphatic carboxylic acids is 1.